The fourth-order valence-corrected chi connectivity index (χ4v) is 3.08. The topological polar surface area (TPSA) is 99.9 Å². The van der Waals surface area contributed by atoms with E-state index >= 15 is 0 Å². The molecule has 3 rings (SSSR count). The van der Waals surface area contributed by atoms with Crippen molar-refractivity contribution in [1.82, 2.24) is 0 Å². The Morgan fingerprint density at radius 3 is 2.08 bits per heavy atom. The normalized spacial score (nSPS) is 11.6. The summed E-state index contributed by atoms with van der Waals surface area (Å²) in [5.74, 6) is -8.34. The highest BCUT2D eigenvalue weighted by atomic mass is 19.4. The molecule has 15 heteroatoms. The highest BCUT2D eigenvalue weighted by molar-refractivity contribution is 6.07. The van der Waals surface area contributed by atoms with E-state index in [1.807, 2.05) is 5.32 Å². The number of hydrogen-bond donors (Lipinski definition) is 2. The molecule has 0 atom stereocenters. The molecule has 0 heterocycles. The Kier molecular flexibility index (Phi) is 7.69. The molecule has 0 saturated heterocycles. The van der Waals surface area contributed by atoms with Crippen LogP contribution in [0.3, 0.4) is 0 Å². The molecule has 0 aliphatic heterocycles. The molecule has 3 aromatic carbocycles. The second-order valence-electron chi connectivity index (χ2n) is 7.27. The van der Waals surface area contributed by atoms with Crippen LogP contribution in [0.5, 0.6) is 23.0 Å². The number of methoxy groups -OCH3 is 1. The van der Waals surface area contributed by atoms with Crippen LogP contribution in [0.25, 0.3) is 0 Å². The van der Waals surface area contributed by atoms with E-state index in [9.17, 15) is 44.7 Å². The highest BCUT2D eigenvalue weighted by Crippen LogP contribution is 2.41. The number of ether oxygens (including phenoxy) is 3. The molecule has 202 valence electrons. The van der Waals surface area contributed by atoms with Crippen LogP contribution in [-0.2, 0) is 6.18 Å². The van der Waals surface area contributed by atoms with E-state index in [1.54, 1.807) is 0 Å². The summed E-state index contributed by atoms with van der Waals surface area (Å²) in [6.45, 7) is 0. The number of nitrogens with two attached hydrogens (primary N) is 1. The molecule has 0 aliphatic carbocycles. The number of anilines is 1. The summed E-state index contributed by atoms with van der Waals surface area (Å²) in [4.78, 5) is 24.0. The SMILES string of the molecule is COc1cc(OC(F)(F)F)ccc1Oc1ccc(C(F)(F)F)c(F)c1C(=O)Nc1ccc(C(N)=O)cc1F. The van der Waals surface area contributed by atoms with Crippen molar-refractivity contribution >= 4 is 17.5 Å². The van der Waals surface area contributed by atoms with Crippen LogP contribution < -0.4 is 25.3 Å². The minimum absolute atomic E-state index is 0.261. The fraction of sp³-hybridized carbons (Fsp3) is 0.130. The summed E-state index contributed by atoms with van der Waals surface area (Å²) < 4.78 is 121. The molecular weight excluding hydrogens is 536 g/mol. The number of carbonyl (C=O) groups is 2. The Labute approximate surface area is 207 Å². The average molecular weight is 550 g/mol. The van der Waals surface area contributed by atoms with E-state index in [0.29, 0.717) is 12.1 Å². The van der Waals surface area contributed by atoms with Gasteiger partial charge in [0, 0.05) is 11.6 Å². The van der Waals surface area contributed by atoms with Gasteiger partial charge in [0.2, 0.25) is 5.91 Å². The lowest BCUT2D eigenvalue weighted by Crippen LogP contribution is -2.20. The van der Waals surface area contributed by atoms with Crippen molar-refractivity contribution in [1.29, 1.82) is 0 Å². The molecule has 0 radical (unpaired) electrons. The molecule has 3 N–H and O–H groups in total. The zero-order valence-corrected chi connectivity index (χ0v) is 18.8. The summed E-state index contributed by atoms with van der Waals surface area (Å²) in [7, 11) is 1.01. The van der Waals surface area contributed by atoms with E-state index in [0.717, 1.165) is 37.4 Å². The molecule has 0 bridgehead atoms. The third-order valence-electron chi connectivity index (χ3n) is 4.73. The molecule has 0 unspecified atom stereocenters. The van der Waals surface area contributed by atoms with Gasteiger partial charge in [0.25, 0.3) is 5.91 Å². The Balaban J connectivity index is 2.06. The van der Waals surface area contributed by atoms with Crippen LogP contribution in [0.4, 0.5) is 40.8 Å². The van der Waals surface area contributed by atoms with Gasteiger partial charge in [0.1, 0.15) is 22.9 Å². The monoisotopic (exact) mass is 550 g/mol. The Bertz CT molecular complexity index is 1390. The van der Waals surface area contributed by atoms with Gasteiger partial charge in [0.15, 0.2) is 17.3 Å². The van der Waals surface area contributed by atoms with Crippen molar-refractivity contribution < 1.29 is 58.9 Å². The summed E-state index contributed by atoms with van der Waals surface area (Å²) in [6.07, 6.45) is -10.3. The van der Waals surface area contributed by atoms with Crippen molar-refractivity contribution in [2.45, 2.75) is 12.5 Å². The van der Waals surface area contributed by atoms with E-state index in [2.05, 4.69) is 4.74 Å². The number of primary amides is 1. The van der Waals surface area contributed by atoms with Crippen molar-refractivity contribution in [3.8, 4) is 23.0 Å². The van der Waals surface area contributed by atoms with Gasteiger partial charge in [-0.1, -0.05) is 0 Å². The van der Waals surface area contributed by atoms with Crippen LogP contribution in [0.1, 0.15) is 26.3 Å². The molecule has 2 amide bonds. The summed E-state index contributed by atoms with van der Waals surface area (Å²) >= 11 is 0. The van der Waals surface area contributed by atoms with Gasteiger partial charge in [-0.05, 0) is 42.5 Å². The lowest BCUT2D eigenvalue weighted by atomic mass is 10.1. The lowest BCUT2D eigenvalue weighted by molar-refractivity contribution is -0.274. The van der Waals surface area contributed by atoms with E-state index in [1.165, 1.54) is 0 Å². The van der Waals surface area contributed by atoms with Gasteiger partial charge in [-0.2, -0.15) is 13.2 Å². The first-order chi connectivity index (χ1) is 17.6. The third kappa shape index (κ3) is 6.41. The summed E-state index contributed by atoms with van der Waals surface area (Å²) in [5.41, 5.74) is 0.899. The molecule has 0 aromatic heterocycles. The minimum Gasteiger partial charge on any atom is -0.493 e. The van der Waals surface area contributed by atoms with Crippen molar-refractivity contribution in [2.24, 2.45) is 5.73 Å². The fourth-order valence-electron chi connectivity index (χ4n) is 3.08. The maximum absolute atomic E-state index is 15.0. The second kappa shape index (κ2) is 10.4. The van der Waals surface area contributed by atoms with Gasteiger partial charge in [-0.15, -0.1) is 13.2 Å². The third-order valence-corrected chi connectivity index (χ3v) is 4.73. The van der Waals surface area contributed by atoms with E-state index < -0.39 is 75.8 Å². The molecule has 3 aromatic rings. The van der Waals surface area contributed by atoms with Gasteiger partial charge >= 0.3 is 12.5 Å². The number of halogens is 8. The van der Waals surface area contributed by atoms with Crippen LogP contribution >= 0.6 is 0 Å². The van der Waals surface area contributed by atoms with Crippen molar-refractivity contribution in [3.05, 3.63) is 76.9 Å². The Hall–Kier alpha value is -4.56. The standard InChI is InChI=1S/C23H14F8N2O5/c1-36-17-9-11(38-23(29,30)31)3-6-15(17)37-16-7-4-12(22(26,27)28)19(25)18(16)21(35)33-14-5-2-10(20(32)34)8-13(14)24/h2-9H,1H3,(H2,32,34)(H,33,35). The average Bonchev–Trinajstić information content (AvgIpc) is 2.79. The summed E-state index contributed by atoms with van der Waals surface area (Å²) in [6, 6.07) is 5.68. The number of amides is 2. The number of nitrogens with one attached hydrogen (secondary N) is 1. The van der Waals surface area contributed by atoms with Crippen molar-refractivity contribution in [3.63, 3.8) is 0 Å². The van der Waals surface area contributed by atoms with Gasteiger partial charge in [0.05, 0.1) is 18.4 Å². The Morgan fingerprint density at radius 2 is 1.53 bits per heavy atom. The lowest BCUT2D eigenvalue weighted by Gasteiger charge is -2.18. The molecule has 0 saturated carbocycles. The first-order valence-corrected chi connectivity index (χ1v) is 10.0. The maximum Gasteiger partial charge on any atom is 0.573 e. The van der Waals surface area contributed by atoms with Crippen LogP contribution in [0, 0.1) is 11.6 Å². The molecule has 7 nitrogen and oxygen atoms in total. The van der Waals surface area contributed by atoms with Crippen LogP contribution in [-0.4, -0.2) is 25.3 Å². The van der Waals surface area contributed by atoms with E-state index in [-0.39, 0.29) is 11.6 Å². The highest BCUT2D eigenvalue weighted by Gasteiger charge is 2.38. The molecule has 38 heavy (non-hydrogen) atoms. The predicted molar refractivity (Wildman–Crippen MR) is 114 cm³/mol. The zero-order valence-electron chi connectivity index (χ0n) is 18.8. The molecule has 0 spiro atoms. The Morgan fingerprint density at radius 1 is 0.868 bits per heavy atom. The van der Waals surface area contributed by atoms with Crippen LogP contribution in [0.15, 0.2) is 48.5 Å². The quantitative estimate of drug-likeness (QED) is 0.350. The largest absolute Gasteiger partial charge is 0.573 e. The number of benzene rings is 3. The van der Waals surface area contributed by atoms with Gasteiger partial charge in [-0.3, -0.25) is 9.59 Å². The first-order valence-electron chi connectivity index (χ1n) is 10.0. The number of hydrogen-bond acceptors (Lipinski definition) is 5. The number of rotatable bonds is 7. The minimum atomic E-state index is -5.25. The first kappa shape index (κ1) is 28.0. The maximum atomic E-state index is 15.0. The predicted octanol–water partition coefficient (Wildman–Crippen LogP) is 6.03. The molecule has 0 fully saturated rings. The van der Waals surface area contributed by atoms with Crippen LogP contribution in [0.2, 0.25) is 0 Å². The second-order valence-corrected chi connectivity index (χ2v) is 7.27. The van der Waals surface area contributed by atoms with E-state index in [4.69, 9.17) is 15.2 Å². The van der Waals surface area contributed by atoms with Crippen molar-refractivity contribution in [2.75, 3.05) is 12.4 Å². The van der Waals surface area contributed by atoms with Gasteiger partial charge in [-0.25, -0.2) is 8.78 Å². The zero-order chi connectivity index (χ0) is 28.4. The molecular formula is C23H14F8N2O5. The smallest absolute Gasteiger partial charge is 0.493 e. The molecule has 0 aliphatic rings. The summed E-state index contributed by atoms with van der Waals surface area (Å²) in [5, 5.41) is 1.87. The number of carbonyl (C=O) groups excluding carboxylic acids is 2. The van der Waals surface area contributed by atoms with Gasteiger partial charge < -0.3 is 25.3 Å². The number of alkyl halides is 6.